The molecule has 1 saturated heterocycles. The molecular formula is C40H41N5O7S. The van der Waals surface area contributed by atoms with Crippen molar-refractivity contribution in [2.24, 2.45) is 0 Å². The third-order valence-electron chi connectivity index (χ3n) is 10.3. The molecule has 0 aliphatic carbocycles. The van der Waals surface area contributed by atoms with Gasteiger partial charge in [-0.1, -0.05) is 36.4 Å². The molecule has 0 spiro atoms. The van der Waals surface area contributed by atoms with Gasteiger partial charge in [0, 0.05) is 54.0 Å². The number of aromatic amines is 1. The number of carboxylic acids is 1. The van der Waals surface area contributed by atoms with Crippen LogP contribution in [0, 0.1) is 0 Å². The van der Waals surface area contributed by atoms with Crippen LogP contribution in [0.15, 0.2) is 79.0 Å². The van der Waals surface area contributed by atoms with E-state index in [1.54, 1.807) is 54.4 Å². The van der Waals surface area contributed by atoms with Crippen LogP contribution in [0.3, 0.4) is 0 Å². The Morgan fingerprint density at radius 3 is 2.23 bits per heavy atom. The number of carbonyl (C=O) groups is 3. The largest absolute Gasteiger partial charge is 0.497 e. The van der Waals surface area contributed by atoms with Gasteiger partial charge in [-0.25, -0.2) is 18.2 Å². The fourth-order valence-electron chi connectivity index (χ4n) is 7.36. The second-order valence-corrected chi connectivity index (χ2v) is 16.1. The Kier molecular flexibility index (Phi) is 9.79. The monoisotopic (exact) mass is 735 g/mol. The summed E-state index contributed by atoms with van der Waals surface area (Å²) in [6, 6.07) is 22.7. The summed E-state index contributed by atoms with van der Waals surface area (Å²) in [5, 5.41) is 9.59. The fourth-order valence-corrected chi connectivity index (χ4v) is 8.42. The number of nitrogens with zero attached hydrogens (tertiary/aromatic N) is 4. The summed E-state index contributed by atoms with van der Waals surface area (Å²) in [7, 11) is 0.314. The molecule has 0 unspecified atom stereocenters. The van der Waals surface area contributed by atoms with E-state index >= 15 is 0 Å². The maximum Gasteiger partial charge on any atom is 0.329 e. The zero-order valence-corrected chi connectivity index (χ0v) is 30.7. The number of aliphatic carboxylic acids is 1. The summed E-state index contributed by atoms with van der Waals surface area (Å²) >= 11 is 0. The predicted octanol–water partition coefficient (Wildman–Crippen LogP) is 6.54. The molecule has 2 aliphatic heterocycles. The number of rotatable bonds is 11. The number of hydrogen-bond donors (Lipinski definition) is 2. The smallest absolute Gasteiger partial charge is 0.329 e. The van der Waals surface area contributed by atoms with Crippen molar-refractivity contribution in [2.45, 2.75) is 44.0 Å². The number of anilines is 2. The number of sulfone groups is 1. The van der Waals surface area contributed by atoms with Gasteiger partial charge < -0.3 is 14.8 Å². The van der Waals surface area contributed by atoms with Gasteiger partial charge in [-0.05, 0) is 79.0 Å². The second-order valence-electron chi connectivity index (χ2n) is 13.7. The Hall–Kier alpha value is -5.53. The van der Waals surface area contributed by atoms with E-state index in [-0.39, 0.29) is 36.5 Å². The second kappa shape index (κ2) is 14.5. The highest BCUT2D eigenvalue weighted by Crippen LogP contribution is 2.44. The highest BCUT2D eigenvalue weighted by atomic mass is 32.2. The van der Waals surface area contributed by atoms with Gasteiger partial charge >= 0.3 is 12.0 Å². The molecule has 5 aromatic rings. The number of amides is 2. The minimum absolute atomic E-state index is 0.1000. The van der Waals surface area contributed by atoms with Crippen LogP contribution in [-0.4, -0.2) is 84.9 Å². The van der Waals surface area contributed by atoms with Crippen LogP contribution in [0.4, 0.5) is 16.2 Å². The first kappa shape index (κ1) is 35.9. The number of piperidine rings is 1. The van der Waals surface area contributed by atoms with Crippen LogP contribution in [-0.2, 0) is 27.7 Å². The average molecular weight is 736 g/mol. The molecule has 3 aromatic carbocycles. The molecule has 2 amide bonds. The Labute approximate surface area is 307 Å². The van der Waals surface area contributed by atoms with Crippen molar-refractivity contribution in [1.82, 2.24) is 14.9 Å². The number of ketones is 1. The van der Waals surface area contributed by atoms with Crippen LogP contribution >= 0.6 is 0 Å². The first-order chi connectivity index (χ1) is 25.4. The number of H-pyrrole nitrogens is 1. The average Bonchev–Trinajstić information content (AvgIpc) is 3.55. The SMILES string of the molecule is COc1ccc(-c2c(-c3ccc(CN4CCC(S(C)(=O)=O)CC4)cc3)[nH]c3ncc4c(c23)CN(c2ccc(C(=O)CCC(=O)O)cc2)C(=O)N4C)cc1. The van der Waals surface area contributed by atoms with Crippen LogP contribution in [0.1, 0.15) is 47.2 Å². The zero-order valence-electron chi connectivity index (χ0n) is 29.8. The molecule has 0 atom stereocenters. The van der Waals surface area contributed by atoms with E-state index in [0.717, 1.165) is 64.3 Å². The number of urea groups is 1. The van der Waals surface area contributed by atoms with E-state index < -0.39 is 15.8 Å². The van der Waals surface area contributed by atoms with E-state index in [4.69, 9.17) is 14.8 Å². The standard InChI is InChI=1S/C40H41N5O7S/c1-43-33-22-41-39-37(32(33)24-45(40(43)49)29-12-8-26(9-13-29)34(46)16-17-35(47)48)36(27-10-14-30(52-2)15-11-27)38(42-39)28-6-4-25(5-7-28)23-44-20-18-31(19-21-44)53(3,50)51/h4-15,22,31H,16-21,23-24H2,1-3H3,(H,41,42)(H,47,48). The maximum atomic E-state index is 13.7. The minimum Gasteiger partial charge on any atom is -0.497 e. The normalized spacial score (nSPS) is 15.5. The quantitative estimate of drug-likeness (QED) is 0.144. The molecule has 13 heteroatoms. The lowest BCUT2D eigenvalue weighted by atomic mass is 9.94. The number of carboxylic acid groups (broad SMARTS) is 1. The van der Waals surface area contributed by atoms with Crippen molar-refractivity contribution in [1.29, 1.82) is 0 Å². The highest BCUT2D eigenvalue weighted by molar-refractivity contribution is 7.91. The van der Waals surface area contributed by atoms with Gasteiger partial charge in [-0.15, -0.1) is 0 Å². The van der Waals surface area contributed by atoms with Crippen LogP contribution in [0.25, 0.3) is 33.4 Å². The molecule has 7 rings (SSSR count). The topological polar surface area (TPSA) is 153 Å². The van der Waals surface area contributed by atoms with Crippen molar-refractivity contribution in [3.05, 3.63) is 95.7 Å². The Balaban J connectivity index is 1.24. The number of hydrogen-bond acceptors (Lipinski definition) is 8. The van der Waals surface area contributed by atoms with Crippen LogP contribution < -0.4 is 14.5 Å². The summed E-state index contributed by atoms with van der Waals surface area (Å²) < 4.78 is 29.5. The van der Waals surface area contributed by atoms with E-state index in [1.807, 2.05) is 24.3 Å². The fraction of sp³-hybridized carbons (Fsp3) is 0.300. The number of benzene rings is 3. The van der Waals surface area contributed by atoms with Crippen molar-refractivity contribution in [3.63, 3.8) is 0 Å². The molecular weight excluding hydrogens is 695 g/mol. The zero-order chi connectivity index (χ0) is 37.4. The number of likely N-dealkylation sites (tertiary alicyclic amines) is 1. The Morgan fingerprint density at radius 2 is 1.60 bits per heavy atom. The van der Waals surface area contributed by atoms with Crippen molar-refractivity contribution < 1.29 is 32.6 Å². The molecule has 1 fully saturated rings. The third-order valence-corrected chi connectivity index (χ3v) is 12.0. The van der Waals surface area contributed by atoms with Crippen LogP contribution in [0.5, 0.6) is 5.75 Å². The van der Waals surface area contributed by atoms with Crippen molar-refractivity contribution in [3.8, 4) is 28.1 Å². The van der Waals surface area contributed by atoms with Gasteiger partial charge in [0.15, 0.2) is 5.78 Å². The third kappa shape index (κ3) is 7.26. The highest BCUT2D eigenvalue weighted by Gasteiger charge is 2.33. The minimum atomic E-state index is -3.03. The molecule has 53 heavy (non-hydrogen) atoms. The van der Waals surface area contributed by atoms with Gasteiger partial charge in [-0.3, -0.25) is 24.3 Å². The summed E-state index contributed by atoms with van der Waals surface area (Å²) in [5.41, 5.74) is 8.10. The molecule has 274 valence electrons. The summed E-state index contributed by atoms with van der Waals surface area (Å²) in [6.45, 7) is 2.46. The number of pyridine rings is 1. The number of nitrogens with one attached hydrogen (secondary N) is 1. The molecule has 2 N–H and O–H groups in total. The van der Waals surface area contributed by atoms with Gasteiger partial charge in [0.1, 0.15) is 21.2 Å². The van der Waals surface area contributed by atoms with E-state index in [2.05, 4.69) is 34.1 Å². The lowest BCUT2D eigenvalue weighted by Crippen LogP contribution is -2.45. The van der Waals surface area contributed by atoms with Gasteiger partial charge in [0.25, 0.3) is 0 Å². The van der Waals surface area contributed by atoms with Gasteiger partial charge in [0.05, 0.1) is 42.9 Å². The van der Waals surface area contributed by atoms with Crippen molar-refractivity contribution in [2.75, 3.05) is 43.3 Å². The summed E-state index contributed by atoms with van der Waals surface area (Å²) in [6.07, 6.45) is 3.98. The first-order valence-corrected chi connectivity index (χ1v) is 19.5. The van der Waals surface area contributed by atoms with Gasteiger partial charge in [-0.2, -0.15) is 0 Å². The number of aromatic nitrogens is 2. The van der Waals surface area contributed by atoms with Gasteiger partial charge in [0.2, 0.25) is 0 Å². The Bertz CT molecular complexity index is 2300. The predicted molar refractivity (Wildman–Crippen MR) is 204 cm³/mol. The number of ether oxygens (including phenoxy) is 1. The number of methoxy groups -OCH3 is 1. The number of Topliss-reactive ketones (excluding diaryl/α,β-unsaturated/α-hetero) is 1. The first-order valence-electron chi connectivity index (χ1n) is 17.5. The van der Waals surface area contributed by atoms with E-state index in [1.165, 1.54) is 6.26 Å². The molecule has 0 radical (unpaired) electrons. The molecule has 4 heterocycles. The van der Waals surface area contributed by atoms with E-state index in [0.29, 0.717) is 35.4 Å². The molecule has 0 bridgehead atoms. The molecule has 0 saturated carbocycles. The molecule has 12 nitrogen and oxygen atoms in total. The number of fused-ring (bicyclic) bond motifs is 3. The maximum absolute atomic E-state index is 13.7. The number of carbonyl (C=O) groups excluding carboxylic acids is 2. The van der Waals surface area contributed by atoms with E-state index in [9.17, 15) is 22.8 Å². The lowest BCUT2D eigenvalue weighted by molar-refractivity contribution is -0.136. The molecule has 2 aromatic heterocycles. The Morgan fingerprint density at radius 1 is 0.943 bits per heavy atom. The summed E-state index contributed by atoms with van der Waals surface area (Å²) in [4.78, 5) is 51.2. The van der Waals surface area contributed by atoms with Crippen molar-refractivity contribution >= 4 is 50.0 Å². The molecule has 2 aliphatic rings. The van der Waals surface area contributed by atoms with Crippen LogP contribution in [0.2, 0.25) is 0 Å². The summed E-state index contributed by atoms with van der Waals surface area (Å²) in [5.74, 6) is -0.581. The lowest BCUT2D eigenvalue weighted by Gasteiger charge is -2.35.